The van der Waals surface area contributed by atoms with Gasteiger partial charge in [0, 0.05) is 12.1 Å². The number of rotatable bonds is 3. The Bertz CT molecular complexity index is 436. The number of halogens is 3. The molecule has 16 heavy (non-hydrogen) atoms. The fraction of sp³-hybridized carbons (Fsp3) is 0.222. The first kappa shape index (κ1) is 12.3. The van der Waals surface area contributed by atoms with E-state index in [0.717, 1.165) is 0 Å². The molecule has 4 nitrogen and oxygen atoms in total. The van der Waals surface area contributed by atoms with E-state index >= 15 is 0 Å². The number of nitrogens with two attached hydrogens (primary N) is 1. The summed E-state index contributed by atoms with van der Waals surface area (Å²) >= 11 is 0. The van der Waals surface area contributed by atoms with Crippen molar-refractivity contribution in [2.45, 2.75) is 5.92 Å². The number of carbonyl (C=O) groups is 1. The summed E-state index contributed by atoms with van der Waals surface area (Å²) in [6, 6.07) is 0.416. The van der Waals surface area contributed by atoms with Gasteiger partial charge in [-0.3, -0.25) is 4.79 Å². The van der Waals surface area contributed by atoms with Crippen LogP contribution in [0.1, 0.15) is 11.5 Å². The minimum atomic E-state index is -1.86. The number of carboxylic acids is 1. The van der Waals surface area contributed by atoms with Gasteiger partial charge < -0.3 is 15.9 Å². The molecule has 0 bridgehead atoms. The summed E-state index contributed by atoms with van der Waals surface area (Å²) in [5.74, 6) is -9.47. The zero-order valence-electron chi connectivity index (χ0n) is 7.88. The Labute approximate surface area is 88.1 Å². The zero-order chi connectivity index (χ0) is 12.5. The molecule has 0 radical (unpaired) electrons. The summed E-state index contributed by atoms with van der Waals surface area (Å²) in [6.45, 7) is -0.479. The third-order valence-corrected chi connectivity index (χ3v) is 2.08. The lowest BCUT2D eigenvalue weighted by Crippen LogP contribution is -2.22. The van der Waals surface area contributed by atoms with Gasteiger partial charge in [-0.1, -0.05) is 0 Å². The number of aliphatic carboxylic acids is 1. The molecule has 0 saturated carbocycles. The summed E-state index contributed by atoms with van der Waals surface area (Å²) in [7, 11) is 0. The van der Waals surface area contributed by atoms with Gasteiger partial charge in [0.25, 0.3) is 0 Å². The van der Waals surface area contributed by atoms with Crippen molar-refractivity contribution in [2.75, 3.05) is 6.54 Å². The van der Waals surface area contributed by atoms with Crippen LogP contribution < -0.4 is 5.73 Å². The van der Waals surface area contributed by atoms with Gasteiger partial charge in [0.2, 0.25) is 5.82 Å². The molecule has 1 aromatic carbocycles. The maximum Gasteiger partial charge on any atom is 0.312 e. The van der Waals surface area contributed by atoms with Gasteiger partial charge in [-0.25, -0.2) is 8.78 Å². The molecule has 0 spiro atoms. The molecule has 88 valence electrons. The van der Waals surface area contributed by atoms with Crippen LogP contribution in [0.15, 0.2) is 6.07 Å². The second kappa shape index (κ2) is 4.40. The Hall–Kier alpha value is -1.76. The molecule has 1 atom stereocenters. The Kier molecular flexibility index (Phi) is 3.38. The Morgan fingerprint density at radius 2 is 1.94 bits per heavy atom. The van der Waals surface area contributed by atoms with Crippen molar-refractivity contribution in [3.8, 4) is 5.75 Å². The molecule has 1 rings (SSSR count). The van der Waals surface area contributed by atoms with Crippen LogP contribution in [-0.4, -0.2) is 22.7 Å². The average molecular weight is 235 g/mol. The summed E-state index contributed by atoms with van der Waals surface area (Å²) in [6.07, 6.45) is 0. The Morgan fingerprint density at radius 1 is 1.38 bits per heavy atom. The quantitative estimate of drug-likeness (QED) is 0.680. The van der Waals surface area contributed by atoms with Gasteiger partial charge in [0.15, 0.2) is 17.4 Å². The van der Waals surface area contributed by atoms with Crippen molar-refractivity contribution >= 4 is 5.97 Å². The predicted molar refractivity (Wildman–Crippen MR) is 47.4 cm³/mol. The van der Waals surface area contributed by atoms with Crippen LogP contribution >= 0.6 is 0 Å². The minimum Gasteiger partial charge on any atom is -0.505 e. The third-order valence-electron chi connectivity index (χ3n) is 2.08. The standard InChI is InChI=1S/C9H8F3NO3/c10-5-1-3(4(2-13)9(15)16)8(14)7(12)6(5)11/h1,4,14H,2,13H2,(H,15,16). The number of phenols is 1. The summed E-state index contributed by atoms with van der Waals surface area (Å²) < 4.78 is 38.4. The molecular formula is C9H8F3NO3. The van der Waals surface area contributed by atoms with Gasteiger partial charge in [-0.05, 0) is 6.07 Å². The summed E-state index contributed by atoms with van der Waals surface area (Å²) in [5, 5.41) is 17.8. The Balaban J connectivity index is 3.39. The monoisotopic (exact) mass is 235 g/mol. The largest absolute Gasteiger partial charge is 0.505 e. The smallest absolute Gasteiger partial charge is 0.312 e. The van der Waals surface area contributed by atoms with Crippen LogP contribution in [0.5, 0.6) is 5.75 Å². The number of benzene rings is 1. The number of hydrogen-bond donors (Lipinski definition) is 3. The molecule has 4 N–H and O–H groups in total. The van der Waals surface area contributed by atoms with Crippen molar-refractivity contribution < 1.29 is 28.2 Å². The van der Waals surface area contributed by atoms with E-state index in [-0.39, 0.29) is 0 Å². The first-order valence-corrected chi connectivity index (χ1v) is 4.19. The van der Waals surface area contributed by atoms with Gasteiger partial charge in [0.1, 0.15) is 0 Å². The SMILES string of the molecule is NCC(C(=O)O)c1cc(F)c(F)c(F)c1O. The molecule has 0 aliphatic rings. The highest BCUT2D eigenvalue weighted by Crippen LogP contribution is 2.31. The third kappa shape index (κ3) is 1.94. The summed E-state index contributed by atoms with van der Waals surface area (Å²) in [4.78, 5) is 10.7. The molecule has 0 fully saturated rings. The minimum absolute atomic E-state index is 0.416. The van der Waals surface area contributed by atoms with E-state index in [0.29, 0.717) is 6.07 Å². The van der Waals surface area contributed by atoms with Crippen LogP contribution in [0.25, 0.3) is 0 Å². The maximum absolute atomic E-state index is 12.9. The van der Waals surface area contributed by atoms with Crippen LogP contribution in [-0.2, 0) is 4.79 Å². The molecule has 7 heteroatoms. The van der Waals surface area contributed by atoms with Gasteiger partial charge in [-0.2, -0.15) is 4.39 Å². The topological polar surface area (TPSA) is 83.6 Å². The van der Waals surface area contributed by atoms with Gasteiger partial charge >= 0.3 is 5.97 Å². The van der Waals surface area contributed by atoms with Crippen molar-refractivity contribution in [3.05, 3.63) is 29.1 Å². The van der Waals surface area contributed by atoms with Crippen LogP contribution in [0.2, 0.25) is 0 Å². The van der Waals surface area contributed by atoms with E-state index in [4.69, 9.17) is 15.9 Å². The second-order valence-electron chi connectivity index (χ2n) is 3.05. The molecular weight excluding hydrogens is 227 g/mol. The number of aromatic hydroxyl groups is 1. The van der Waals surface area contributed by atoms with Crippen molar-refractivity contribution in [1.82, 2.24) is 0 Å². The number of hydrogen-bond acceptors (Lipinski definition) is 3. The molecule has 0 amide bonds. The lowest BCUT2D eigenvalue weighted by Gasteiger charge is -2.12. The van der Waals surface area contributed by atoms with Crippen LogP contribution in [0.4, 0.5) is 13.2 Å². The van der Waals surface area contributed by atoms with E-state index < -0.39 is 47.2 Å². The van der Waals surface area contributed by atoms with Crippen molar-refractivity contribution in [1.29, 1.82) is 0 Å². The van der Waals surface area contributed by atoms with E-state index in [1.807, 2.05) is 0 Å². The fourth-order valence-corrected chi connectivity index (χ4v) is 1.23. The van der Waals surface area contributed by atoms with Crippen LogP contribution in [0, 0.1) is 17.5 Å². The molecule has 0 aliphatic carbocycles. The number of phenolic OH excluding ortho intramolecular Hbond substituents is 1. The van der Waals surface area contributed by atoms with Crippen molar-refractivity contribution in [3.63, 3.8) is 0 Å². The van der Waals surface area contributed by atoms with E-state index in [1.165, 1.54) is 0 Å². The molecule has 1 aromatic rings. The van der Waals surface area contributed by atoms with Crippen LogP contribution in [0.3, 0.4) is 0 Å². The molecule has 0 saturated heterocycles. The molecule has 0 heterocycles. The fourth-order valence-electron chi connectivity index (χ4n) is 1.23. The van der Waals surface area contributed by atoms with Gasteiger partial charge in [-0.15, -0.1) is 0 Å². The molecule has 0 aliphatic heterocycles. The first-order valence-electron chi connectivity index (χ1n) is 4.19. The van der Waals surface area contributed by atoms with Gasteiger partial charge in [0.05, 0.1) is 5.92 Å². The lowest BCUT2D eigenvalue weighted by atomic mass is 9.98. The predicted octanol–water partition coefficient (Wildman–Crippen LogP) is 0.936. The normalized spacial score (nSPS) is 12.5. The average Bonchev–Trinajstić information content (AvgIpc) is 2.23. The van der Waals surface area contributed by atoms with E-state index in [9.17, 15) is 18.0 Å². The highest BCUT2D eigenvalue weighted by molar-refractivity contribution is 5.77. The van der Waals surface area contributed by atoms with E-state index in [2.05, 4.69) is 0 Å². The highest BCUT2D eigenvalue weighted by atomic mass is 19.2. The van der Waals surface area contributed by atoms with Crippen molar-refractivity contribution in [2.24, 2.45) is 5.73 Å². The first-order chi connectivity index (χ1) is 7.40. The van der Waals surface area contributed by atoms with E-state index in [1.54, 1.807) is 0 Å². The zero-order valence-corrected chi connectivity index (χ0v) is 7.88. The molecule has 1 unspecified atom stereocenters. The summed E-state index contributed by atoms with van der Waals surface area (Å²) in [5.41, 5.74) is 4.49. The second-order valence-corrected chi connectivity index (χ2v) is 3.05. The lowest BCUT2D eigenvalue weighted by molar-refractivity contribution is -0.138. The highest BCUT2D eigenvalue weighted by Gasteiger charge is 2.27. The Morgan fingerprint density at radius 3 is 2.38 bits per heavy atom. The number of carboxylic acid groups (broad SMARTS) is 1. The maximum atomic E-state index is 12.9. The molecule has 0 aromatic heterocycles.